The van der Waals surface area contributed by atoms with Crippen molar-refractivity contribution in [3.63, 3.8) is 0 Å². The molecule has 1 aromatic carbocycles. The van der Waals surface area contributed by atoms with Gasteiger partial charge in [0.15, 0.2) is 11.5 Å². The second kappa shape index (κ2) is 4.85. The van der Waals surface area contributed by atoms with Crippen LogP contribution >= 0.6 is 11.6 Å². The maximum Gasteiger partial charge on any atom is 0.314 e. The fraction of sp³-hybridized carbons (Fsp3) is 0.533. The van der Waals surface area contributed by atoms with Gasteiger partial charge in [-0.1, -0.05) is 11.6 Å². The molecule has 0 heterocycles. The number of hydrogen-bond acceptors (Lipinski definition) is 3. The Morgan fingerprint density at radius 3 is 2.60 bits per heavy atom. The predicted octanol–water partition coefficient (Wildman–Crippen LogP) is 3.25. The maximum absolute atomic E-state index is 11.4. The highest BCUT2D eigenvalue weighted by Gasteiger charge is 2.53. The number of hydrogen-bond donors (Lipinski definition) is 1. The zero-order chi connectivity index (χ0) is 14.3. The number of carboxylic acid groups (broad SMARTS) is 1. The van der Waals surface area contributed by atoms with Crippen LogP contribution in [0, 0.1) is 5.92 Å². The standard InChI is InChI=1S/C15H17ClO4/c1-19-12-6-10(15(4-5-15)14(17)18)11(16)7-13(12)20-8-9-2-3-9/h6-7,9H,2-5,8H2,1H3,(H,17,18). The maximum atomic E-state index is 11.4. The molecular formula is C15H17ClO4. The Hall–Kier alpha value is -1.42. The molecule has 5 heteroatoms. The molecular weight excluding hydrogens is 280 g/mol. The highest BCUT2D eigenvalue weighted by Crippen LogP contribution is 2.52. The van der Waals surface area contributed by atoms with Crippen LogP contribution in [0.5, 0.6) is 11.5 Å². The molecule has 3 rings (SSSR count). The number of benzene rings is 1. The van der Waals surface area contributed by atoms with E-state index >= 15 is 0 Å². The highest BCUT2D eigenvalue weighted by atomic mass is 35.5. The molecule has 0 saturated heterocycles. The molecule has 108 valence electrons. The summed E-state index contributed by atoms with van der Waals surface area (Å²) in [7, 11) is 1.55. The SMILES string of the molecule is COc1cc(C2(C(=O)O)CC2)c(Cl)cc1OCC1CC1. The minimum Gasteiger partial charge on any atom is -0.493 e. The van der Waals surface area contributed by atoms with Gasteiger partial charge in [0.25, 0.3) is 0 Å². The van der Waals surface area contributed by atoms with Crippen LogP contribution in [-0.2, 0) is 10.2 Å². The van der Waals surface area contributed by atoms with Gasteiger partial charge in [0.2, 0.25) is 0 Å². The summed E-state index contributed by atoms with van der Waals surface area (Å²) in [5.41, 5.74) is -0.207. The van der Waals surface area contributed by atoms with Crippen LogP contribution in [0.15, 0.2) is 12.1 Å². The highest BCUT2D eigenvalue weighted by molar-refractivity contribution is 6.32. The van der Waals surface area contributed by atoms with Gasteiger partial charge in [-0.2, -0.15) is 0 Å². The predicted molar refractivity (Wildman–Crippen MR) is 74.8 cm³/mol. The fourth-order valence-corrected chi connectivity index (χ4v) is 2.72. The van der Waals surface area contributed by atoms with E-state index in [9.17, 15) is 9.90 Å². The lowest BCUT2D eigenvalue weighted by molar-refractivity contribution is -0.140. The quantitative estimate of drug-likeness (QED) is 0.875. The Morgan fingerprint density at radius 1 is 1.40 bits per heavy atom. The molecule has 2 saturated carbocycles. The average molecular weight is 297 g/mol. The van der Waals surface area contributed by atoms with Crippen molar-refractivity contribution in [1.82, 2.24) is 0 Å². The third-order valence-corrected chi connectivity index (χ3v) is 4.41. The zero-order valence-electron chi connectivity index (χ0n) is 11.3. The number of aliphatic carboxylic acids is 1. The van der Waals surface area contributed by atoms with Gasteiger partial charge < -0.3 is 14.6 Å². The molecule has 0 aliphatic heterocycles. The van der Waals surface area contributed by atoms with Gasteiger partial charge >= 0.3 is 5.97 Å². The van der Waals surface area contributed by atoms with Gasteiger partial charge in [-0.05, 0) is 43.2 Å². The van der Waals surface area contributed by atoms with Crippen molar-refractivity contribution in [3.05, 3.63) is 22.7 Å². The first-order valence-electron chi connectivity index (χ1n) is 6.81. The van der Waals surface area contributed by atoms with E-state index in [2.05, 4.69) is 0 Å². The summed E-state index contributed by atoms with van der Waals surface area (Å²) < 4.78 is 11.0. The summed E-state index contributed by atoms with van der Waals surface area (Å²) >= 11 is 6.26. The van der Waals surface area contributed by atoms with E-state index in [1.807, 2.05) is 0 Å². The smallest absolute Gasteiger partial charge is 0.314 e. The number of methoxy groups -OCH3 is 1. The molecule has 0 bridgehead atoms. The van der Waals surface area contributed by atoms with Crippen molar-refractivity contribution in [2.75, 3.05) is 13.7 Å². The normalized spacial score (nSPS) is 19.5. The van der Waals surface area contributed by atoms with Gasteiger partial charge in [-0.3, -0.25) is 4.79 Å². The van der Waals surface area contributed by atoms with Crippen molar-refractivity contribution < 1.29 is 19.4 Å². The molecule has 0 radical (unpaired) electrons. The number of halogens is 1. The van der Waals surface area contributed by atoms with Crippen molar-refractivity contribution in [2.24, 2.45) is 5.92 Å². The molecule has 2 aliphatic carbocycles. The van der Waals surface area contributed by atoms with Crippen molar-refractivity contribution in [3.8, 4) is 11.5 Å². The van der Waals surface area contributed by atoms with Gasteiger partial charge in [-0.15, -0.1) is 0 Å². The van der Waals surface area contributed by atoms with E-state index in [4.69, 9.17) is 21.1 Å². The second-order valence-electron chi connectivity index (χ2n) is 5.62. The molecule has 0 atom stereocenters. The van der Waals surface area contributed by atoms with E-state index in [1.165, 1.54) is 12.8 Å². The Kier molecular flexibility index (Phi) is 3.28. The van der Waals surface area contributed by atoms with E-state index in [0.29, 0.717) is 47.5 Å². The molecule has 2 aliphatic rings. The van der Waals surface area contributed by atoms with Crippen molar-refractivity contribution in [2.45, 2.75) is 31.1 Å². The van der Waals surface area contributed by atoms with Gasteiger partial charge in [0.05, 0.1) is 19.1 Å². The van der Waals surface area contributed by atoms with Crippen LogP contribution in [0.1, 0.15) is 31.2 Å². The lowest BCUT2D eigenvalue weighted by atomic mass is 9.95. The lowest BCUT2D eigenvalue weighted by Crippen LogP contribution is -2.20. The fourth-order valence-electron chi connectivity index (χ4n) is 2.39. The molecule has 20 heavy (non-hydrogen) atoms. The van der Waals surface area contributed by atoms with Gasteiger partial charge in [0.1, 0.15) is 0 Å². The first kappa shape index (κ1) is 13.6. The van der Waals surface area contributed by atoms with Crippen molar-refractivity contribution >= 4 is 17.6 Å². The Labute approximate surface area is 122 Å². The number of carbonyl (C=O) groups is 1. The number of ether oxygens (including phenoxy) is 2. The number of carboxylic acids is 1. The Bertz CT molecular complexity index is 547. The third-order valence-electron chi connectivity index (χ3n) is 4.10. The molecule has 0 unspecified atom stereocenters. The van der Waals surface area contributed by atoms with E-state index < -0.39 is 11.4 Å². The molecule has 0 aromatic heterocycles. The molecule has 1 N–H and O–H groups in total. The zero-order valence-corrected chi connectivity index (χ0v) is 12.1. The Morgan fingerprint density at radius 2 is 2.10 bits per heavy atom. The van der Waals surface area contributed by atoms with Crippen LogP contribution in [0.25, 0.3) is 0 Å². The second-order valence-corrected chi connectivity index (χ2v) is 6.03. The topological polar surface area (TPSA) is 55.8 Å². The average Bonchev–Trinajstić information content (AvgIpc) is 3.29. The lowest BCUT2D eigenvalue weighted by Gasteiger charge is -2.17. The summed E-state index contributed by atoms with van der Waals surface area (Å²) in [6, 6.07) is 3.40. The summed E-state index contributed by atoms with van der Waals surface area (Å²) in [5, 5.41) is 9.81. The van der Waals surface area contributed by atoms with Gasteiger partial charge in [-0.25, -0.2) is 0 Å². The van der Waals surface area contributed by atoms with Crippen LogP contribution in [0.3, 0.4) is 0 Å². The van der Waals surface area contributed by atoms with Crippen LogP contribution in [-0.4, -0.2) is 24.8 Å². The monoisotopic (exact) mass is 296 g/mol. The summed E-state index contributed by atoms with van der Waals surface area (Å²) in [5.74, 6) is 0.951. The molecule has 0 amide bonds. The first-order chi connectivity index (χ1) is 9.56. The summed E-state index contributed by atoms with van der Waals surface area (Å²) in [6.45, 7) is 0.663. The van der Waals surface area contributed by atoms with E-state index in [0.717, 1.165) is 0 Å². The molecule has 0 spiro atoms. The molecule has 4 nitrogen and oxygen atoms in total. The molecule has 2 fully saturated rings. The third kappa shape index (κ3) is 2.33. The molecule has 1 aromatic rings. The number of rotatable bonds is 6. The minimum atomic E-state index is -0.834. The largest absolute Gasteiger partial charge is 0.493 e. The van der Waals surface area contributed by atoms with Crippen LogP contribution < -0.4 is 9.47 Å². The van der Waals surface area contributed by atoms with E-state index in [-0.39, 0.29) is 0 Å². The first-order valence-corrected chi connectivity index (χ1v) is 7.19. The Balaban J connectivity index is 1.90. The van der Waals surface area contributed by atoms with Crippen LogP contribution in [0.4, 0.5) is 0 Å². The van der Waals surface area contributed by atoms with Crippen LogP contribution in [0.2, 0.25) is 5.02 Å². The summed E-state index contributed by atoms with van der Waals surface area (Å²) in [4.78, 5) is 11.4. The minimum absolute atomic E-state index is 0.441. The van der Waals surface area contributed by atoms with Crippen molar-refractivity contribution in [1.29, 1.82) is 0 Å². The van der Waals surface area contributed by atoms with Gasteiger partial charge in [0, 0.05) is 11.1 Å². The summed E-state index contributed by atoms with van der Waals surface area (Å²) in [6.07, 6.45) is 3.65. The van der Waals surface area contributed by atoms with E-state index in [1.54, 1.807) is 19.2 Å².